The Kier molecular flexibility index (Phi) is 10.1. The predicted octanol–water partition coefficient (Wildman–Crippen LogP) is 1.63. The van der Waals surface area contributed by atoms with Crippen LogP contribution in [0.2, 0.25) is 0 Å². The van der Waals surface area contributed by atoms with E-state index < -0.39 is 30.1 Å². The molecule has 1 fully saturated rings. The highest BCUT2D eigenvalue weighted by molar-refractivity contribution is 5.89. The lowest BCUT2D eigenvalue weighted by atomic mass is 9.99. The molecule has 0 radical (unpaired) electrons. The Bertz CT molecular complexity index is 846. The van der Waals surface area contributed by atoms with Gasteiger partial charge in [0, 0.05) is 20.2 Å². The van der Waals surface area contributed by atoms with Crippen molar-refractivity contribution in [3.63, 3.8) is 0 Å². The zero-order valence-corrected chi connectivity index (χ0v) is 19.5. The van der Waals surface area contributed by atoms with Crippen LogP contribution in [0.4, 0.5) is 4.79 Å². The summed E-state index contributed by atoms with van der Waals surface area (Å²) in [5.41, 5.74) is 0.964. The fourth-order valence-corrected chi connectivity index (χ4v) is 3.53. The van der Waals surface area contributed by atoms with Gasteiger partial charge in [0.05, 0.1) is 32.0 Å². The average molecular weight is 461 g/mol. The van der Waals surface area contributed by atoms with Gasteiger partial charge >= 0.3 is 12.0 Å². The van der Waals surface area contributed by atoms with Crippen LogP contribution in [0.25, 0.3) is 0 Å². The van der Waals surface area contributed by atoms with Crippen molar-refractivity contribution >= 4 is 17.9 Å². The molecule has 0 aromatic heterocycles. The molecule has 0 saturated carbocycles. The Morgan fingerprint density at radius 1 is 1.12 bits per heavy atom. The third-order valence-corrected chi connectivity index (χ3v) is 5.27. The molecule has 1 saturated heterocycles. The molecule has 2 rings (SSSR count). The van der Waals surface area contributed by atoms with E-state index in [1.807, 2.05) is 13.8 Å². The van der Waals surface area contributed by atoms with E-state index in [-0.39, 0.29) is 11.9 Å². The van der Waals surface area contributed by atoms with Crippen molar-refractivity contribution in [2.24, 2.45) is 5.92 Å². The second-order valence-corrected chi connectivity index (χ2v) is 8.12. The van der Waals surface area contributed by atoms with Crippen molar-refractivity contribution in [2.45, 2.75) is 38.5 Å². The van der Waals surface area contributed by atoms with Crippen LogP contribution in [0, 0.1) is 17.2 Å². The molecule has 1 aromatic rings. The zero-order chi connectivity index (χ0) is 24.4. The number of amides is 3. The van der Waals surface area contributed by atoms with E-state index in [1.165, 1.54) is 14.2 Å². The summed E-state index contributed by atoms with van der Waals surface area (Å²) >= 11 is 0. The fourth-order valence-electron chi connectivity index (χ4n) is 3.53. The Balaban J connectivity index is 2.12. The van der Waals surface area contributed by atoms with Gasteiger partial charge in [0.15, 0.2) is 0 Å². The van der Waals surface area contributed by atoms with Gasteiger partial charge in [-0.05, 0) is 30.0 Å². The molecule has 0 bridgehead atoms. The predicted molar refractivity (Wildman–Crippen MR) is 119 cm³/mol. The zero-order valence-electron chi connectivity index (χ0n) is 19.5. The molecule has 3 atom stereocenters. The first-order valence-electron chi connectivity index (χ1n) is 10.8. The summed E-state index contributed by atoms with van der Waals surface area (Å²) in [7, 11) is 2.72. The Morgan fingerprint density at radius 2 is 1.76 bits per heavy atom. The lowest BCUT2D eigenvalue weighted by Crippen LogP contribution is -2.55. The number of nitrogens with zero attached hydrogens (tertiary/aromatic N) is 2. The number of morpholine rings is 1. The number of carbonyl (C=O) groups excluding carboxylic acids is 3. The van der Waals surface area contributed by atoms with Gasteiger partial charge < -0.3 is 29.7 Å². The minimum atomic E-state index is -1.01. The van der Waals surface area contributed by atoms with E-state index in [1.54, 1.807) is 29.2 Å². The van der Waals surface area contributed by atoms with Crippen molar-refractivity contribution in [1.29, 1.82) is 5.26 Å². The molecule has 1 aliphatic heterocycles. The lowest BCUT2D eigenvalue weighted by molar-refractivity contribution is -0.124. The Labute approximate surface area is 194 Å². The smallest absolute Gasteiger partial charge is 0.337 e. The number of carbonyl (C=O) groups is 3. The van der Waals surface area contributed by atoms with Crippen LogP contribution in [0.1, 0.15) is 42.3 Å². The molecule has 1 heterocycles. The third kappa shape index (κ3) is 7.44. The van der Waals surface area contributed by atoms with Gasteiger partial charge in [-0.3, -0.25) is 4.79 Å². The number of ether oxygens (including phenoxy) is 3. The van der Waals surface area contributed by atoms with Crippen molar-refractivity contribution in [2.75, 3.05) is 40.5 Å². The quantitative estimate of drug-likeness (QED) is 0.536. The molecule has 2 N–H and O–H groups in total. The van der Waals surface area contributed by atoms with Gasteiger partial charge in [0.1, 0.15) is 18.2 Å². The normalized spacial score (nSPS) is 16.3. The van der Waals surface area contributed by atoms with E-state index in [4.69, 9.17) is 14.2 Å². The van der Waals surface area contributed by atoms with Crippen LogP contribution in [0.3, 0.4) is 0 Å². The first-order chi connectivity index (χ1) is 15.8. The van der Waals surface area contributed by atoms with Gasteiger partial charge in [0.25, 0.3) is 0 Å². The van der Waals surface area contributed by atoms with Crippen LogP contribution >= 0.6 is 0 Å². The minimum absolute atomic E-state index is 0.135. The largest absolute Gasteiger partial charge is 0.465 e. The number of esters is 1. The monoisotopic (exact) mass is 460 g/mol. The van der Waals surface area contributed by atoms with E-state index in [9.17, 15) is 19.6 Å². The van der Waals surface area contributed by atoms with Crippen molar-refractivity contribution in [3.05, 3.63) is 35.4 Å². The maximum atomic E-state index is 13.1. The fraction of sp³-hybridized carbons (Fsp3) is 0.565. The van der Waals surface area contributed by atoms with E-state index in [2.05, 4.69) is 16.7 Å². The van der Waals surface area contributed by atoms with E-state index >= 15 is 0 Å². The van der Waals surface area contributed by atoms with Gasteiger partial charge in [0.2, 0.25) is 5.91 Å². The summed E-state index contributed by atoms with van der Waals surface area (Å²) in [6, 6.07) is 6.32. The summed E-state index contributed by atoms with van der Waals surface area (Å²) in [4.78, 5) is 38.9. The van der Waals surface area contributed by atoms with Gasteiger partial charge in [-0.25, -0.2) is 9.59 Å². The van der Waals surface area contributed by atoms with Gasteiger partial charge in [-0.1, -0.05) is 26.0 Å². The van der Waals surface area contributed by atoms with Crippen molar-refractivity contribution < 1.29 is 28.6 Å². The van der Waals surface area contributed by atoms with Gasteiger partial charge in [-0.2, -0.15) is 5.26 Å². The van der Waals surface area contributed by atoms with Crippen LogP contribution < -0.4 is 10.6 Å². The van der Waals surface area contributed by atoms with E-state index in [0.29, 0.717) is 43.9 Å². The number of rotatable bonds is 9. The van der Waals surface area contributed by atoms with E-state index in [0.717, 1.165) is 0 Å². The number of hydrogen-bond acceptors (Lipinski definition) is 7. The maximum absolute atomic E-state index is 13.1. The molecule has 180 valence electrons. The topological polar surface area (TPSA) is 130 Å². The maximum Gasteiger partial charge on any atom is 0.337 e. The van der Waals surface area contributed by atoms with Crippen molar-refractivity contribution in [1.82, 2.24) is 15.5 Å². The number of methoxy groups -OCH3 is 2. The summed E-state index contributed by atoms with van der Waals surface area (Å²) in [6.07, 6.45) is -0.369. The van der Waals surface area contributed by atoms with Crippen LogP contribution in [-0.4, -0.2) is 75.4 Å². The molecule has 0 aliphatic carbocycles. The molecule has 1 aromatic carbocycles. The lowest BCUT2D eigenvalue weighted by Gasteiger charge is -2.30. The van der Waals surface area contributed by atoms with Gasteiger partial charge in [-0.15, -0.1) is 0 Å². The van der Waals surface area contributed by atoms with Crippen LogP contribution in [0.5, 0.6) is 0 Å². The number of benzene rings is 1. The molecule has 10 heteroatoms. The Morgan fingerprint density at radius 3 is 2.27 bits per heavy atom. The molecular weight excluding hydrogens is 428 g/mol. The number of nitriles is 1. The molecule has 1 unspecified atom stereocenters. The molecule has 0 spiro atoms. The Hall–Kier alpha value is -3.16. The SMILES string of the molecule is COC(=O)c1ccc(C(OC)[C@@H](C#N)NC(=O)[C@H](CC(C)C)NC(=O)N2CCOCC2)cc1. The first kappa shape index (κ1) is 26.1. The second kappa shape index (κ2) is 12.8. The van der Waals surface area contributed by atoms with Crippen molar-refractivity contribution in [3.8, 4) is 6.07 Å². The summed E-state index contributed by atoms with van der Waals surface area (Å²) in [5, 5.41) is 15.2. The summed E-state index contributed by atoms with van der Waals surface area (Å²) < 4.78 is 15.4. The minimum Gasteiger partial charge on any atom is -0.465 e. The highest BCUT2D eigenvalue weighted by atomic mass is 16.5. The molecule has 10 nitrogen and oxygen atoms in total. The summed E-state index contributed by atoms with van der Waals surface area (Å²) in [6.45, 7) is 5.71. The summed E-state index contributed by atoms with van der Waals surface area (Å²) in [5.74, 6) is -0.811. The third-order valence-electron chi connectivity index (χ3n) is 5.27. The molecular formula is C23H32N4O6. The second-order valence-electron chi connectivity index (χ2n) is 8.12. The average Bonchev–Trinajstić information content (AvgIpc) is 2.83. The molecule has 3 amide bonds. The molecule has 33 heavy (non-hydrogen) atoms. The highest BCUT2D eigenvalue weighted by Gasteiger charge is 2.30. The number of nitrogens with one attached hydrogen (secondary N) is 2. The highest BCUT2D eigenvalue weighted by Crippen LogP contribution is 2.22. The van der Waals surface area contributed by atoms with Crippen LogP contribution in [-0.2, 0) is 19.0 Å². The number of hydrogen-bond donors (Lipinski definition) is 2. The van der Waals surface area contributed by atoms with Crippen LogP contribution in [0.15, 0.2) is 24.3 Å². The number of urea groups is 1. The first-order valence-corrected chi connectivity index (χ1v) is 10.8. The standard InChI is InChI=1S/C23H32N4O6/c1-15(2)13-18(26-23(30)27-9-11-33-12-10-27)21(28)25-19(14-24)20(31-3)16-5-7-17(8-6-16)22(29)32-4/h5-8,15,18-20H,9-13H2,1-4H3,(H,25,28)(H,26,30)/t18-,19+,20?/m0/s1. The molecule has 1 aliphatic rings.